The molecule has 0 aliphatic carbocycles. The molecule has 1 aromatic carbocycles. The highest BCUT2D eigenvalue weighted by molar-refractivity contribution is 7.07. The molecule has 9 heteroatoms. The van der Waals surface area contributed by atoms with Crippen LogP contribution in [-0.4, -0.2) is 45.6 Å². The Hall–Kier alpha value is -3.04. The predicted molar refractivity (Wildman–Crippen MR) is 118 cm³/mol. The second-order valence-corrected chi connectivity index (χ2v) is 8.40. The molecule has 1 aliphatic rings. The van der Waals surface area contributed by atoms with Crippen LogP contribution in [0.15, 0.2) is 47.3 Å². The van der Waals surface area contributed by atoms with Crippen LogP contribution in [0.1, 0.15) is 24.1 Å². The van der Waals surface area contributed by atoms with Crippen LogP contribution in [-0.2, 0) is 16.1 Å². The second-order valence-electron chi connectivity index (χ2n) is 7.62. The summed E-state index contributed by atoms with van der Waals surface area (Å²) in [5.74, 6) is -1.85. The zero-order valence-corrected chi connectivity index (χ0v) is 18.0. The van der Waals surface area contributed by atoms with Crippen molar-refractivity contribution in [2.75, 3.05) is 18.4 Å². The molecule has 3 heterocycles. The molecule has 1 fully saturated rings. The Morgan fingerprint density at radius 3 is 2.68 bits per heavy atom. The first-order valence-corrected chi connectivity index (χ1v) is 11.1. The number of nitrogens with zero attached hydrogens (tertiary/aromatic N) is 3. The van der Waals surface area contributed by atoms with Gasteiger partial charge in [-0.2, -0.15) is 16.4 Å². The van der Waals surface area contributed by atoms with Gasteiger partial charge in [-0.05, 0) is 54.3 Å². The number of thiophene rings is 1. The van der Waals surface area contributed by atoms with E-state index in [2.05, 4.69) is 37.5 Å². The highest BCUT2D eigenvalue weighted by atomic mass is 32.1. The summed E-state index contributed by atoms with van der Waals surface area (Å²) in [5.41, 5.74) is 2.49. The molecule has 162 valence electrons. The van der Waals surface area contributed by atoms with Crippen LogP contribution >= 0.6 is 11.3 Å². The van der Waals surface area contributed by atoms with Crippen molar-refractivity contribution in [2.24, 2.45) is 0 Å². The number of nitrogens with one attached hydrogen (secondary N) is 2. The first-order chi connectivity index (χ1) is 15.0. The molecular formula is C22H24FN5O2S. The Bertz CT molecular complexity index is 1060. The summed E-state index contributed by atoms with van der Waals surface area (Å²) in [6, 6.07) is 8.33. The van der Waals surface area contributed by atoms with Gasteiger partial charge in [0.05, 0.1) is 17.6 Å². The number of carbonyl (C=O) groups is 2. The number of halogens is 1. The lowest BCUT2D eigenvalue weighted by atomic mass is 10.0. The van der Waals surface area contributed by atoms with E-state index in [0.717, 1.165) is 32.5 Å². The van der Waals surface area contributed by atoms with E-state index >= 15 is 0 Å². The summed E-state index contributed by atoms with van der Waals surface area (Å²) >= 11 is 1.69. The molecule has 2 N–H and O–H groups in total. The maximum absolute atomic E-state index is 14.0. The molecule has 1 aliphatic heterocycles. The lowest BCUT2D eigenvalue weighted by molar-refractivity contribution is -0.136. The van der Waals surface area contributed by atoms with Crippen LogP contribution < -0.4 is 10.6 Å². The summed E-state index contributed by atoms with van der Waals surface area (Å²) < 4.78 is 15.4. The number of para-hydroxylation sites is 1. The minimum Gasteiger partial charge on any atom is -0.345 e. The third-order valence-electron chi connectivity index (χ3n) is 5.45. The maximum atomic E-state index is 14.0. The van der Waals surface area contributed by atoms with Crippen LogP contribution in [0.5, 0.6) is 0 Å². The fourth-order valence-electron chi connectivity index (χ4n) is 3.70. The average Bonchev–Trinajstić information content (AvgIpc) is 3.40. The minimum absolute atomic E-state index is 0.0285. The van der Waals surface area contributed by atoms with Gasteiger partial charge in [0.1, 0.15) is 11.5 Å². The van der Waals surface area contributed by atoms with Gasteiger partial charge in [-0.3, -0.25) is 14.5 Å². The lowest BCUT2D eigenvalue weighted by Gasteiger charge is -2.32. The predicted octanol–water partition coefficient (Wildman–Crippen LogP) is 3.10. The van der Waals surface area contributed by atoms with Crippen molar-refractivity contribution in [2.45, 2.75) is 32.4 Å². The Morgan fingerprint density at radius 1 is 1.19 bits per heavy atom. The van der Waals surface area contributed by atoms with Crippen molar-refractivity contribution < 1.29 is 14.0 Å². The Balaban J connectivity index is 1.30. The van der Waals surface area contributed by atoms with Crippen LogP contribution in [0.2, 0.25) is 0 Å². The van der Waals surface area contributed by atoms with E-state index in [1.54, 1.807) is 36.5 Å². The van der Waals surface area contributed by atoms with E-state index in [1.165, 1.54) is 22.5 Å². The van der Waals surface area contributed by atoms with Gasteiger partial charge in [-0.25, -0.2) is 9.07 Å². The molecule has 1 saturated heterocycles. The molecule has 7 nitrogen and oxygen atoms in total. The fraction of sp³-hybridized carbons (Fsp3) is 0.318. The van der Waals surface area contributed by atoms with Crippen molar-refractivity contribution >= 4 is 28.8 Å². The Morgan fingerprint density at radius 2 is 1.97 bits per heavy atom. The normalized spacial score (nSPS) is 15.0. The molecule has 2 amide bonds. The summed E-state index contributed by atoms with van der Waals surface area (Å²) in [7, 11) is 0. The number of amides is 2. The quantitative estimate of drug-likeness (QED) is 0.597. The fourth-order valence-corrected chi connectivity index (χ4v) is 4.36. The van der Waals surface area contributed by atoms with Crippen molar-refractivity contribution in [1.29, 1.82) is 0 Å². The van der Waals surface area contributed by atoms with Gasteiger partial charge < -0.3 is 10.6 Å². The number of piperidine rings is 1. The molecule has 0 radical (unpaired) electrons. The van der Waals surface area contributed by atoms with Gasteiger partial charge in [-0.1, -0.05) is 12.1 Å². The molecule has 0 saturated carbocycles. The molecule has 3 aromatic rings. The number of aromatic nitrogens is 2. The molecule has 0 bridgehead atoms. The van der Waals surface area contributed by atoms with E-state index < -0.39 is 17.6 Å². The Labute approximate surface area is 183 Å². The number of benzene rings is 1. The van der Waals surface area contributed by atoms with Gasteiger partial charge in [-0.15, -0.1) is 0 Å². The van der Waals surface area contributed by atoms with Crippen molar-refractivity contribution in [3.05, 3.63) is 64.4 Å². The van der Waals surface area contributed by atoms with Gasteiger partial charge in [0, 0.05) is 25.7 Å². The van der Waals surface area contributed by atoms with Gasteiger partial charge in [0.15, 0.2) is 0 Å². The molecular weight excluding hydrogens is 417 g/mol. The van der Waals surface area contributed by atoms with Crippen molar-refractivity contribution in [3.8, 4) is 5.69 Å². The number of rotatable bonds is 5. The number of hydrogen-bond donors (Lipinski definition) is 2. The average molecular weight is 442 g/mol. The van der Waals surface area contributed by atoms with Crippen LogP contribution in [0.3, 0.4) is 0 Å². The highest BCUT2D eigenvalue weighted by Crippen LogP contribution is 2.20. The zero-order chi connectivity index (χ0) is 21.8. The maximum Gasteiger partial charge on any atom is 0.313 e. The number of anilines is 1. The van der Waals surface area contributed by atoms with Crippen molar-refractivity contribution in [3.63, 3.8) is 0 Å². The van der Waals surface area contributed by atoms with E-state index in [-0.39, 0.29) is 11.7 Å². The molecule has 4 rings (SSSR count). The molecule has 31 heavy (non-hydrogen) atoms. The van der Waals surface area contributed by atoms with E-state index in [1.807, 2.05) is 0 Å². The summed E-state index contributed by atoms with van der Waals surface area (Å²) in [6.07, 6.45) is 3.01. The number of carbonyl (C=O) groups excluding carboxylic acids is 2. The summed E-state index contributed by atoms with van der Waals surface area (Å²) in [5, 5.41) is 13.8. The Kier molecular flexibility index (Phi) is 6.43. The monoisotopic (exact) mass is 441 g/mol. The third kappa shape index (κ3) is 5.00. The van der Waals surface area contributed by atoms with Crippen molar-refractivity contribution in [1.82, 2.24) is 20.0 Å². The van der Waals surface area contributed by atoms with Crippen LogP contribution in [0.4, 0.5) is 10.1 Å². The highest BCUT2D eigenvalue weighted by Gasteiger charge is 2.24. The molecule has 2 aromatic heterocycles. The summed E-state index contributed by atoms with van der Waals surface area (Å²) in [6.45, 7) is 4.36. The van der Waals surface area contributed by atoms with Gasteiger partial charge >= 0.3 is 11.8 Å². The molecule has 0 spiro atoms. The number of hydrogen-bond acceptors (Lipinski definition) is 5. The van der Waals surface area contributed by atoms with Gasteiger partial charge in [0.2, 0.25) is 0 Å². The number of likely N-dealkylation sites (tertiary alicyclic amines) is 1. The van der Waals surface area contributed by atoms with E-state index in [9.17, 15) is 14.0 Å². The third-order valence-corrected chi connectivity index (χ3v) is 6.19. The minimum atomic E-state index is -0.753. The second kappa shape index (κ2) is 9.40. The van der Waals surface area contributed by atoms with Crippen LogP contribution in [0, 0.1) is 12.7 Å². The smallest absolute Gasteiger partial charge is 0.313 e. The molecule has 0 unspecified atom stereocenters. The first-order valence-electron chi connectivity index (χ1n) is 10.2. The van der Waals surface area contributed by atoms with Gasteiger partial charge in [0.25, 0.3) is 0 Å². The first kappa shape index (κ1) is 21.2. The zero-order valence-electron chi connectivity index (χ0n) is 17.2. The summed E-state index contributed by atoms with van der Waals surface area (Å²) in [4.78, 5) is 27.1. The SMILES string of the molecule is Cc1c(NC(=O)C(=O)NC2CCN(Cc3ccsc3)CC2)cnn1-c1ccccc1F. The topological polar surface area (TPSA) is 79.3 Å². The van der Waals surface area contributed by atoms with Crippen LogP contribution in [0.25, 0.3) is 5.69 Å². The standard InChI is InChI=1S/C22H24FN5O2S/c1-15-19(12-24-28(15)20-5-3-2-4-18(20)23)26-22(30)21(29)25-17-6-9-27(10-7-17)13-16-8-11-31-14-16/h2-5,8,11-12,14,17H,6-7,9-10,13H2,1H3,(H,25,29)(H,26,30). The lowest BCUT2D eigenvalue weighted by Crippen LogP contribution is -2.47. The van der Waals surface area contributed by atoms with E-state index in [0.29, 0.717) is 11.4 Å². The van der Waals surface area contributed by atoms with E-state index in [4.69, 9.17) is 0 Å². The largest absolute Gasteiger partial charge is 0.345 e. The molecule has 0 atom stereocenters.